The van der Waals surface area contributed by atoms with Crippen LogP contribution >= 0.6 is 15.9 Å². The van der Waals surface area contributed by atoms with Gasteiger partial charge in [-0.3, -0.25) is 4.98 Å². The van der Waals surface area contributed by atoms with Gasteiger partial charge >= 0.3 is 5.97 Å². The van der Waals surface area contributed by atoms with Crippen LogP contribution in [0, 0.1) is 0 Å². The van der Waals surface area contributed by atoms with Crippen LogP contribution in [0.25, 0.3) is 10.9 Å². The first-order valence-electron chi connectivity index (χ1n) is 6.14. The number of pyridine rings is 2. The first kappa shape index (κ1) is 13.5. The summed E-state index contributed by atoms with van der Waals surface area (Å²) in [5.41, 5.74) is 1.74. The molecule has 3 rings (SSSR count). The van der Waals surface area contributed by atoms with Crippen molar-refractivity contribution in [2.24, 2.45) is 0 Å². The molecule has 0 bridgehead atoms. The second kappa shape index (κ2) is 5.49. The molecule has 2 N–H and O–H groups in total. The lowest BCUT2D eigenvalue weighted by Crippen LogP contribution is -2.04. The number of anilines is 2. The molecule has 6 heteroatoms. The van der Waals surface area contributed by atoms with E-state index in [1.54, 1.807) is 12.4 Å². The molecule has 0 aliphatic rings. The van der Waals surface area contributed by atoms with Gasteiger partial charge in [0.1, 0.15) is 11.4 Å². The van der Waals surface area contributed by atoms with Crippen LogP contribution in [0.15, 0.2) is 53.3 Å². The number of carboxylic acid groups (broad SMARTS) is 1. The van der Waals surface area contributed by atoms with Gasteiger partial charge in [-0.1, -0.05) is 6.07 Å². The Morgan fingerprint density at radius 3 is 2.86 bits per heavy atom. The quantitative estimate of drug-likeness (QED) is 0.755. The maximum atomic E-state index is 11.3. The summed E-state index contributed by atoms with van der Waals surface area (Å²) in [6.45, 7) is 0. The molecule has 5 nitrogen and oxygen atoms in total. The number of rotatable bonds is 3. The zero-order chi connectivity index (χ0) is 14.8. The molecular formula is C15H10BrN3O2. The lowest BCUT2D eigenvalue weighted by Gasteiger charge is -2.09. The van der Waals surface area contributed by atoms with Gasteiger partial charge in [-0.25, -0.2) is 9.78 Å². The van der Waals surface area contributed by atoms with Crippen LogP contribution in [-0.4, -0.2) is 21.0 Å². The van der Waals surface area contributed by atoms with Crippen molar-refractivity contribution in [2.75, 3.05) is 5.32 Å². The molecule has 1 aromatic carbocycles. The summed E-state index contributed by atoms with van der Waals surface area (Å²) in [5.74, 6) is -0.734. The smallest absolute Gasteiger partial charge is 0.339 e. The van der Waals surface area contributed by atoms with E-state index in [0.29, 0.717) is 10.3 Å². The highest BCUT2D eigenvalue weighted by Gasteiger charge is 2.12. The number of fused-ring (bicyclic) bond motifs is 1. The van der Waals surface area contributed by atoms with Crippen LogP contribution in [0.1, 0.15) is 10.4 Å². The van der Waals surface area contributed by atoms with E-state index in [2.05, 4.69) is 31.2 Å². The second-order valence-corrected chi connectivity index (χ2v) is 5.31. The number of carbonyl (C=O) groups is 1. The fourth-order valence-corrected chi connectivity index (χ4v) is 2.32. The molecule has 0 fully saturated rings. The second-order valence-electron chi connectivity index (χ2n) is 4.39. The molecule has 0 atom stereocenters. The molecule has 2 aromatic heterocycles. The van der Waals surface area contributed by atoms with Crippen molar-refractivity contribution in [1.82, 2.24) is 9.97 Å². The highest BCUT2D eigenvalue weighted by atomic mass is 79.9. The fourth-order valence-electron chi connectivity index (χ4n) is 1.99. The molecule has 0 amide bonds. The number of aromatic nitrogens is 2. The average molecular weight is 344 g/mol. The van der Waals surface area contributed by atoms with E-state index in [1.165, 1.54) is 6.07 Å². The SMILES string of the molecule is O=C(O)c1cc(Br)cnc1Nc1ccc2ncccc2c1. The predicted molar refractivity (Wildman–Crippen MR) is 83.9 cm³/mol. The van der Waals surface area contributed by atoms with Crippen LogP contribution in [0.4, 0.5) is 11.5 Å². The van der Waals surface area contributed by atoms with Crippen molar-refractivity contribution in [2.45, 2.75) is 0 Å². The van der Waals surface area contributed by atoms with E-state index < -0.39 is 5.97 Å². The maximum absolute atomic E-state index is 11.3. The lowest BCUT2D eigenvalue weighted by atomic mass is 10.2. The third-order valence-corrected chi connectivity index (χ3v) is 3.38. The topological polar surface area (TPSA) is 75.1 Å². The Hall–Kier alpha value is -2.47. The van der Waals surface area contributed by atoms with Crippen molar-refractivity contribution >= 4 is 44.3 Å². The zero-order valence-electron chi connectivity index (χ0n) is 10.7. The summed E-state index contributed by atoms with van der Waals surface area (Å²) in [5, 5.41) is 13.2. The van der Waals surface area contributed by atoms with Gasteiger partial charge in [-0.2, -0.15) is 0 Å². The largest absolute Gasteiger partial charge is 0.478 e. The number of hydrogen-bond donors (Lipinski definition) is 2. The van der Waals surface area contributed by atoms with Gasteiger partial charge in [0, 0.05) is 27.9 Å². The Morgan fingerprint density at radius 2 is 2.05 bits per heavy atom. The lowest BCUT2D eigenvalue weighted by molar-refractivity contribution is 0.0697. The molecule has 104 valence electrons. The minimum absolute atomic E-state index is 0.107. The van der Waals surface area contributed by atoms with E-state index in [4.69, 9.17) is 0 Å². The number of halogens is 1. The van der Waals surface area contributed by atoms with Crippen LogP contribution in [-0.2, 0) is 0 Å². The first-order chi connectivity index (χ1) is 10.1. The highest BCUT2D eigenvalue weighted by Crippen LogP contribution is 2.24. The summed E-state index contributed by atoms with van der Waals surface area (Å²) in [6, 6.07) is 10.9. The Balaban J connectivity index is 2.00. The molecule has 0 aliphatic heterocycles. The van der Waals surface area contributed by atoms with Crippen molar-refractivity contribution in [3.05, 3.63) is 58.8 Å². The molecule has 0 unspecified atom stereocenters. The Bertz CT molecular complexity index is 836. The van der Waals surface area contributed by atoms with E-state index in [-0.39, 0.29) is 5.56 Å². The maximum Gasteiger partial charge on any atom is 0.339 e. The molecule has 0 radical (unpaired) electrons. The summed E-state index contributed by atoms with van der Waals surface area (Å²) >= 11 is 3.22. The number of benzene rings is 1. The minimum atomic E-state index is -1.03. The Kier molecular flexibility index (Phi) is 3.53. The Labute approximate surface area is 128 Å². The standard InChI is InChI=1S/C15H10BrN3O2/c16-10-7-12(15(20)21)14(18-8-10)19-11-3-4-13-9(6-11)2-1-5-17-13/h1-8H,(H,18,19)(H,20,21). The number of carboxylic acids is 1. The van der Waals surface area contributed by atoms with Gasteiger partial charge in [0.05, 0.1) is 5.52 Å². The molecule has 0 aliphatic carbocycles. The highest BCUT2D eigenvalue weighted by molar-refractivity contribution is 9.10. The van der Waals surface area contributed by atoms with Gasteiger partial charge in [0.15, 0.2) is 0 Å². The van der Waals surface area contributed by atoms with Crippen LogP contribution < -0.4 is 5.32 Å². The van der Waals surface area contributed by atoms with Crippen LogP contribution in [0.3, 0.4) is 0 Å². The Morgan fingerprint density at radius 1 is 1.19 bits per heavy atom. The fraction of sp³-hybridized carbons (Fsp3) is 0. The summed E-state index contributed by atoms with van der Waals surface area (Å²) in [4.78, 5) is 19.6. The molecule has 21 heavy (non-hydrogen) atoms. The van der Waals surface area contributed by atoms with Crippen LogP contribution in [0.2, 0.25) is 0 Å². The molecule has 2 heterocycles. The van der Waals surface area contributed by atoms with Gasteiger partial charge in [0.25, 0.3) is 0 Å². The van der Waals surface area contributed by atoms with E-state index in [0.717, 1.165) is 16.6 Å². The van der Waals surface area contributed by atoms with Crippen molar-refractivity contribution < 1.29 is 9.90 Å². The van der Waals surface area contributed by atoms with Crippen LogP contribution in [0.5, 0.6) is 0 Å². The number of hydrogen-bond acceptors (Lipinski definition) is 4. The number of nitrogens with zero attached hydrogens (tertiary/aromatic N) is 2. The van der Waals surface area contributed by atoms with Gasteiger partial charge in [-0.15, -0.1) is 0 Å². The monoisotopic (exact) mass is 343 g/mol. The number of aromatic carboxylic acids is 1. The molecule has 0 saturated heterocycles. The van der Waals surface area contributed by atoms with Crippen molar-refractivity contribution in [3.8, 4) is 0 Å². The predicted octanol–water partition coefficient (Wildman–Crippen LogP) is 3.83. The molecular weight excluding hydrogens is 334 g/mol. The molecule has 3 aromatic rings. The van der Waals surface area contributed by atoms with Gasteiger partial charge in [0.2, 0.25) is 0 Å². The van der Waals surface area contributed by atoms with E-state index in [1.807, 2.05) is 30.3 Å². The van der Waals surface area contributed by atoms with Gasteiger partial charge in [-0.05, 0) is 46.3 Å². The van der Waals surface area contributed by atoms with Crippen molar-refractivity contribution in [1.29, 1.82) is 0 Å². The molecule has 0 spiro atoms. The summed E-state index contributed by atoms with van der Waals surface area (Å²) < 4.78 is 0.619. The average Bonchev–Trinajstić information content (AvgIpc) is 2.49. The number of nitrogens with one attached hydrogen (secondary N) is 1. The van der Waals surface area contributed by atoms with Gasteiger partial charge < -0.3 is 10.4 Å². The summed E-state index contributed by atoms with van der Waals surface area (Å²) in [7, 11) is 0. The third-order valence-electron chi connectivity index (χ3n) is 2.95. The zero-order valence-corrected chi connectivity index (χ0v) is 12.3. The minimum Gasteiger partial charge on any atom is -0.478 e. The molecule has 0 saturated carbocycles. The van der Waals surface area contributed by atoms with Crippen molar-refractivity contribution in [3.63, 3.8) is 0 Å². The first-order valence-corrected chi connectivity index (χ1v) is 6.93. The summed E-state index contributed by atoms with van der Waals surface area (Å²) in [6.07, 6.45) is 3.28. The van der Waals surface area contributed by atoms with E-state index >= 15 is 0 Å². The van der Waals surface area contributed by atoms with E-state index in [9.17, 15) is 9.90 Å². The third kappa shape index (κ3) is 2.85. The normalized spacial score (nSPS) is 10.5.